The summed E-state index contributed by atoms with van der Waals surface area (Å²) in [5, 5.41) is 15.9. The number of hydrogen-bond donors (Lipinski definition) is 1. The van der Waals surface area contributed by atoms with Crippen LogP contribution >= 0.6 is 0 Å². The van der Waals surface area contributed by atoms with Gasteiger partial charge in [-0.15, -0.1) is 0 Å². The molecule has 8 heteroatoms. The van der Waals surface area contributed by atoms with Crippen LogP contribution in [0.1, 0.15) is 44.3 Å². The van der Waals surface area contributed by atoms with Gasteiger partial charge in [0.25, 0.3) is 0 Å². The molecule has 0 bridgehead atoms. The maximum absolute atomic E-state index is 11.6. The minimum atomic E-state index is -3.73. The molecule has 4 aromatic rings. The van der Waals surface area contributed by atoms with Gasteiger partial charge in [0.1, 0.15) is 0 Å². The van der Waals surface area contributed by atoms with Crippen LogP contribution in [0.3, 0.4) is 0 Å². The second-order valence-corrected chi connectivity index (χ2v) is 9.64. The third-order valence-electron chi connectivity index (χ3n) is 6.14. The zero-order chi connectivity index (χ0) is 21.6. The summed E-state index contributed by atoms with van der Waals surface area (Å²) >= 11 is 0. The molecule has 2 heterocycles. The first-order valence-corrected chi connectivity index (χ1v) is 12.2. The zero-order valence-electron chi connectivity index (χ0n) is 17.4. The number of hydrogen-bond acceptors (Lipinski definition) is 4. The molecule has 1 aliphatic rings. The number of nitrogens with two attached hydrogens (primary N) is 1. The number of nitrogens with zero attached hydrogens (tertiary/aromatic N) is 4. The molecule has 5 rings (SSSR count). The van der Waals surface area contributed by atoms with E-state index in [4.69, 9.17) is 10.2 Å². The highest BCUT2D eigenvalue weighted by atomic mass is 32.2. The number of aryl methyl sites for hydroxylation is 1. The smallest absolute Gasteiger partial charge is 0.238 e. The Kier molecular flexibility index (Phi) is 4.91. The molecule has 2 aromatic heterocycles. The van der Waals surface area contributed by atoms with Crippen LogP contribution in [0.5, 0.6) is 0 Å². The van der Waals surface area contributed by atoms with Crippen LogP contribution in [-0.2, 0) is 16.4 Å². The Bertz CT molecular complexity index is 1350. The molecule has 0 aliphatic heterocycles. The summed E-state index contributed by atoms with van der Waals surface area (Å²) in [6.45, 7) is 2.15. The Hall–Kier alpha value is -2.97. The second kappa shape index (κ2) is 7.62. The Morgan fingerprint density at radius 2 is 1.81 bits per heavy atom. The van der Waals surface area contributed by atoms with Crippen LogP contribution in [-0.4, -0.2) is 28.0 Å². The number of aromatic nitrogens is 4. The first-order valence-electron chi connectivity index (χ1n) is 10.6. The van der Waals surface area contributed by atoms with Crippen molar-refractivity contribution in [3.8, 4) is 16.9 Å². The van der Waals surface area contributed by atoms with E-state index in [2.05, 4.69) is 34.9 Å². The van der Waals surface area contributed by atoms with Crippen LogP contribution in [0, 0.1) is 0 Å². The van der Waals surface area contributed by atoms with E-state index < -0.39 is 10.0 Å². The third-order valence-corrected chi connectivity index (χ3v) is 7.07. The summed E-state index contributed by atoms with van der Waals surface area (Å²) in [5.41, 5.74) is 5.05. The van der Waals surface area contributed by atoms with E-state index in [9.17, 15) is 8.42 Å². The van der Waals surface area contributed by atoms with E-state index in [1.54, 1.807) is 18.3 Å². The summed E-state index contributed by atoms with van der Waals surface area (Å²) in [6, 6.07) is 15.3. The fraction of sp³-hybridized carbons (Fsp3) is 0.304. The van der Waals surface area contributed by atoms with Crippen LogP contribution in [0.2, 0.25) is 0 Å². The molecule has 2 N–H and O–H groups in total. The van der Waals surface area contributed by atoms with Crippen molar-refractivity contribution in [2.75, 3.05) is 0 Å². The summed E-state index contributed by atoms with van der Waals surface area (Å²) < 4.78 is 27.2. The van der Waals surface area contributed by atoms with E-state index in [1.165, 1.54) is 48.7 Å². The van der Waals surface area contributed by atoms with Crippen molar-refractivity contribution < 1.29 is 8.42 Å². The fourth-order valence-electron chi connectivity index (χ4n) is 4.56. The Morgan fingerprint density at radius 3 is 2.48 bits per heavy atom. The number of sulfonamides is 1. The largest absolute Gasteiger partial charge is 0.262 e. The van der Waals surface area contributed by atoms with Gasteiger partial charge in [-0.25, -0.2) is 18.2 Å². The van der Waals surface area contributed by atoms with E-state index in [1.807, 2.05) is 10.7 Å². The molecule has 1 saturated carbocycles. The van der Waals surface area contributed by atoms with E-state index >= 15 is 0 Å². The second-order valence-electron chi connectivity index (χ2n) is 8.08. The van der Waals surface area contributed by atoms with Crippen molar-refractivity contribution >= 4 is 20.9 Å². The minimum Gasteiger partial charge on any atom is -0.262 e. The molecule has 160 valence electrons. The third kappa shape index (κ3) is 3.55. The normalized spacial score (nSPS) is 15.2. The monoisotopic (exact) mass is 435 g/mol. The number of primary sulfonamides is 1. The molecule has 7 nitrogen and oxygen atoms in total. The standard InChI is InChI=1S/C23H25N5O2S/c1-2-21-20-12-7-16(15-23(20)28(26-21)17-5-3-4-6-17)22-13-14-25-27(22)18-8-10-19(11-9-18)31(24,29)30/h7-15,17H,2-6H2,1H3,(H2,24,29,30). The predicted molar refractivity (Wildman–Crippen MR) is 121 cm³/mol. The van der Waals surface area contributed by atoms with Gasteiger partial charge in [-0.2, -0.15) is 10.2 Å². The Labute approximate surface area is 181 Å². The van der Waals surface area contributed by atoms with Gasteiger partial charge >= 0.3 is 0 Å². The first kappa shape index (κ1) is 20.0. The van der Waals surface area contributed by atoms with Gasteiger partial charge in [-0.05, 0) is 55.7 Å². The molecule has 31 heavy (non-hydrogen) atoms. The van der Waals surface area contributed by atoms with Gasteiger partial charge in [0.15, 0.2) is 0 Å². The molecule has 0 radical (unpaired) electrons. The van der Waals surface area contributed by atoms with Gasteiger partial charge in [-0.3, -0.25) is 4.68 Å². The van der Waals surface area contributed by atoms with Crippen LogP contribution < -0.4 is 5.14 Å². The molecule has 0 saturated heterocycles. The number of fused-ring (bicyclic) bond motifs is 1. The topological polar surface area (TPSA) is 95.8 Å². The van der Waals surface area contributed by atoms with E-state index in [0.29, 0.717) is 6.04 Å². The van der Waals surface area contributed by atoms with Crippen molar-refractivity contribution in [3.05, 3.63) is 60.4 Å². The van der Waals surface area contributed by atoms with Gasteiger partial charge in [0.05, 0.1) is 39.7 Å². The van der Waals surface area contributed by atoms with Gasteiger partial charge < -0.3 is 0 Å². The highest BCUT2D eigenvalue weighted by Crippen LogP contribution is 2.35. The predicted octanol–water partition coefficient (Wildman–Crippen LogP) is 4.21. The quantitative estimate of drug-likeness (QED) is 0.508. The van der Waals surface area contributed by atoms with Crippen molar-refractivity contribution in [2.24, 2.45) is 5.14 Å². The maximum Gasteiger partial charge on any atom is 0.238 e. The molecule has 0 atom stereocenters. The lowest BCUT2D eigenvalue weighted by Gasteiger charge is -2.12. The lowest BCUT2D eigenvalue weighted by atomic mass is 10.1. The zero-order valence-corrected chi connectivity index (χ0v) is 18.2. The Balaban J connectivity index is 1.59. The lowest BCUT2D eigenvalue weighted by Crippen LogP contribution is -2.12. The molecule has 2 aromatic carbocycles. The fourth-order valence-corrected chi connectivity index (χ4v) is 5.07. The molecule has 0 amide bonds. The number of rotatable bonds is 5. The summed E-state index contributed by atoms with van der Waals surface area (Å²) in [6.07, 6.45) is 7.53. The van der Waals surface area contributed by atoms with Crippen molar-refractivity contribution in [3.63, 3.8) is 0 Å². The summed E-state index contributed by atoms with van der Waals surface area (Å²) in [4.78, 5) is 0.0823. The molecule has 0 unspecified atom stereocenters. The minimum absolute atomic E-state index is 0.0823. The van der Waals surface area contributed by atoms with Gasteiger partial charge in [0.2, 0.25) is 10.0 Å². The number of benzene rings is 2. The van der Waals surface area contributed by atoms with Crippen LogP contribution in [0.15, 0.2) is 59.6 Å². The van der Waals surface area contributed by atoms with E-state index in [0.717, 1.165) is 29.1 Å². The molecule has 1 aliphatic carbocycles. The average Bonchev–Trinajstić information content (AvgIpc) is 3.51. The Morgan fingerprint density at radius 1 is 1.06 bits per heavy atom. The van der Waals surface area contributed by atoms with Gasteiger partial charge in [-0.1, -0.05) is 31.9 Å². The van der Waals surface area contributed by atoms with Crippen LogP contribution in [0.4, 0.5) is 0 Å². The highest BCUT2D eigenvalue weighted by molar-refractivity contribution is 7.89. The first-order chi connectivity index (χ1) is 15.0. The lowest BCUT2D eigenvalue weighted by molar-refractivity contribution is 0.478. The van der Waals surface area contributed by atoms with Crippen molar-refractivity contribution in [2.45, 2.75) is 50.0 Å². The summed E-state index contributed by atoms with van der Waals surface area (Å²) in [5.74, 6) is 0. The van der Waals surface area contributed by atoms with E-state index in [-0.39, 0.29) is 4.90 Å². The maximum atomic E-state index is 11.6. The average molecular weight is 436 g/mol. The molecular weight excluding hydrogens is 410 g/mol. The summed E-state index contributed by atoms with van der Waals surface area (Å²) in [7, 11) is -3.73. The highest BCUT2D eigenvalue weighted by Gasteiger charge is 2.22. The molecule has 1 fully saturated rings. The van der Waals surface area contributed by atoms with Crippen LogP contribution in [0.25, 0.3) is 27.8 Å². The molecular formula is C23H25N5O2S. The van der Waals surface area contributed by atoms with Crippen molar-refractivity contribution in [1.29, 1.82) is 0 Å². The van der Waals surface area contributed by atoms with Gasteiger partial charge in [0, 0.05) is 10.9 Å². The molecule has 0 spiro atoms. The SMILES string of the molecule is CCc1nn(C2CCCC2)c2cc(-c3ccnn3-c3ccc(S(N)(=O)=O)cc3)ccc12. The van der Waals surface area contributed by atoms with Crippen molar-refractivity contribution in [1.82, 2.24) is 19.6 Å².